The lowest BCUT2D eigenvalue weighted by Gasteiger charge is -2.42. The summed E-state index contributed by atoms with van der Waals surface area (Å²) in [6.07, 6.45) is -0.566. The minimum atomic E-state index is -1.27. The molecule has 8 nitrogen and oxygen atoms in total. The third-order valence-corrected chi connectivity index (χ3v) is 4.42. The Balaban J connectivity index is 2.16. The van der Waals surface area contributed by atoms with Crippen LogP contribution in [0.15, 0.2) is 30.3 Å². The maximum Gasteiger partial charge on any atom is 0.410 e. The van der Waals surface area contributed by atoms with E-state index in [4.69, 9.17) is 4.74 Å². The Kier molecular flexibility index (Phi) is 6.11. The molecule has 2 rings (SSSR count). The number of nitrogens with zero attached hydrogens (tertiary/aromatic N) is 1. The van der Waals surface area contributed by atoms with E-state index in [0.29, 0.717) is 0 Å². The molecule has 28 heavy (non-hydrogen) atoms. The van der Waals surface area contributed by atoms with Crippen molar-refractivity contribution in [3.05, 3.63) is 35.9 Å². The van der Waals surface area contributed by atoms with Gasteiger partial charge in [0.1, 0.15) is 5.60 Å². The van der Waals surface area contributed by atoms with E-state index in [1.165, 1.54) is 24.0 Å². The number of hydrogen-bond acceptors (Lipinski definition) is 5. The molecule has 2 N–H and O–H groups in total. The van der Waals surface area contributed by atoms with E-state index in [2.05, 4.69) is 5.32 Å². The van der Waals surface area contributed by atoms with Crippen LogP contribution in [0.2, 0.25) is 0 Å². The molecule has 0 aromatic heterocycles. The SMILES string of the molecule is CC(C)(C)OC(=O)N1C[C@H](NC(=O)C(=O)c2ccccc2)C[C@@](C)(C(=O)O)C1. The monoisotopic (exact) mass is 390 g/mol. The van der Waals surface area contributed by atoms with E-state index in [1.54, 1.807) is 39.0 Å². The zero-order valence-electron chi connectivity index (χ0n) is 16.5. The lowest BCUT2D eigenvalue weighted by atomic mass is 9.79. The van der Waals surface area contributed by atoms with Gasteiger partial charge in [0.15, 0.2) is 0 Å². The van der Waals surface area contributed by atoms with Gasteiger partial charge in [-0.15, -0.1) is 0 Å². The molecule has 2 atom stereocenters. The van der Waals surface area contributed by atoms with Gasteiger partial charge in [0.05, 0.1) is 5.41 Å². The van der Waals surface area contributed by atoms with Gasteiger partial charge in [0.25, 0.3) is 5.91 Å². The number of benzene rings is 1. The van der Waals surface area contributed by atoms with Crippen molar-refractivity contribution in [3.8, 4) is 0 Å². The number of carboxylic acid groups (broad SMARTS) is 1. The summed E-state index contributed by atoms with van der Waals surface area (Å²) in [4.78, 5) is 50.1. The van der Waals surface area contributed by atoms with Crippen LogP contribution in [0, 0.1) is 5.41 Å². The van der Waals surface area contributed by atoms with Gasteiger partial charge in [-0.2, -0.15) is 0 Å². The van der Waals surface area contributed by atoms with Gasteiger partial charge < -0.3 is 20.1 Å². The van der Waals surface area contributed by atoms with Gasteiger partial charge in [0, 0.05) is 24.7 Å². The van der Waals surface area contributed by atoms with Gasteiger partial charge in [-0.1, -0.05) is 30.3 Å². The van der Waals surface area contributed by atoms with E-state index in [1.807, 2.05) is 0 Å². The molecule has 0 bridgehead atoms. The molecule has 1 heterocycles. The molecule has 1 fully saturated rings. The zero-order valence-corrected chi connectivity index (χ0v) is 16.5. The highest BCUT2D eigenvalue weighted by atomic mass is 16.6. The summed E-state index contributed by atoms with van der Waals surface area (Å²) in [5.74, 6) is -2.64. The molecule has 1 aliphatic rings. The van der Waals surface area contributed by atoms with E-state index < -0.39 is 40.8 Å². The van der Waals surface area contributed by atoms with E-state index in [0.717, 1.165) is 0 Å². The molecule has 1 saturated heterocycles. The Morgan fingerprint density at radius 2 is 1.79 bits per heavy atom. The summed E-state index contributed by atoms with van der Waals surface area (Å²) in [6, 6.07) is 7.38. The highest BCUT2D eigenvalue weighted by Gasteiger charge is 2.45. The van der Waals surface area contributed by atoms with Crippen molar-refractivity contribution >= 4 is 23.8 Å². The number of Topliss-reactive ketones (excluding diaryl/α,β-unsaturated/α-hetero) is 1. The standard InChI is InChI=1S/C20H26N2O6/c1-19(2,3)28-18(27)22-11-14(10-20(4,12-22)17(25)26)21-16(24)15(23)13-8-6-5-7-9-13/h5-9,14H,10-12H2,1-4H3,(H,21,24)(H,25,26)/t14-,20-/m1/s1. The number of rotatable bonds is 4. The highest BCUT2D eigenvalue weighted by molar-refractivity contribution is 6.42. The highest BCUT2D eigenvalue weighted by Crippen LogP contribution is 2.31. The minimum Gasteiger partial charge on any atom is -0.481 e. The molecule has 1 aliphatic heterocycles. The van der Waals surface area contributed by atoms with Crippen molar-refractivity contribution in [2.45, 2.75) is 45.8 Å². The first kappa shape index (κ1) is 21.4. The Hall–Kier alpha value is -2.90. The normalized spacial score (nSPS) is 22.3. The predicted octanol–water partition coefficient (Wildman–Crippen LogP) is 2.09. The second-order valence-electron chi connectivity index (χ2n) is 8.30. The van der Waals surface area contributed by atoms with Crippen molar-refractivity contribution in [1.82, 2.24) is 10.2 Å². The minimum absolute atomic E-state index is 0.0454. The van der Waals surface area contributed by atoms with Gasteiger partial charge >= 0.3 is 12.1 Å². The average molecular weight is 390 g/mol. The summed E-state index contributed by atoms with van der Waals surface area (Å²) < 4.78 is 5.33. The number of carboxylic acids is 1. The summed E-state index contributed by atoms with van der Waals surface area (Å²) in [6.45, 7) is 6.65. The number of piperidine rings is 1. The topological polar surface area (TPSA) is 113 Å². The fourth-order valence-corrected chi connectivity index (χ4v) is 3.11. The number of aliphatic carboxylic acids is 1. The maximum atomic E-state index is 12.4. The molecule has 2 amide bonds. The number of carbonyl (C=O) groups excluding carboxylic acids is 3. The summed E-state index contributed by atoms with van der Waals surface area (Å²) in [7, 11) is 0. The second-order valence-corrected chi connectivity index (χ2v) is 8.30. The smallest absolute Gasteiger partial charge is 0.410 e. The molecule has 152 valence electrons. The molecular weight excluding hydrogens is 364 g/mol. The zero-order chi connectivity index (χ0) is 21.1. The Morgan fingerprint density at radius 3 is 2.32 bits per heavy atom. The number of ketones is 1. The van der Waals surface area contributed by atoms with Crippen LogP contribution in [0.3, 0.4) is 0 Å². The largest absolute Gasteiger partial charge is 0.481 e. The molecule has 1 aromatic carbocycles. The van der Waals surface area contributed by atoms with Crippen LogP contribution in [0.1, 0.15) is 44.5 Å². The summed E-state index contributed by atoms with van der Waals surface area (Å²) in [5, 5.41) is 12.2. The van der Waals surface area contributed by atoms with Crippen molar-refractivity contribution in [1.29, 1.82) is 0 Å². The van der Waals surface area contributed by atoms with Crippen molar-refractivity contribution < 1.29 is 29.0 Å². The third kappa shape index (κ3) is 5.31. The van der Waals surface area contributed by atoms with Crippen LogP contribution in [0.25, 0.3) is 0 Å². The quantitative estimate of drug-likeness (QED) is 0.601. The molecule has 0 saturated carbocycles. The van der Waals surface area contributed by atoms with E-state index in [-0.39, 0.29) is 25.1 Å². The molecule has 0 aliphatic carbocycles. The van der Waals surface area contributed by atoms with Crippen LogP contribution in [-0.2, 0) is 14.3 Å². The Bertz CT molecular complexity index is 771. The van der Waals surface area contributed by atoms with Crippen LogP contribution in [0.4, 0.5) is 4.79 Å². The number of amides is 2. The fourth-order valence-electron chi connectivity index (χ4n) is 3.11. The molecule has 8 heteroatoms. The summed E-state index contributed by atoms with van der Waals surface area (Å²) in [5.41, 5.74) is -1.78. The Morgan fingerprint density at radius 1 is 1.18 bits per heavy atom. The first-order valence-corrected chi connectivity index (χ1v) is 9.03. The number of carbonyl (C=O) groups is 4. The van der Waals surface area contributed by atoms with E-state index >= 15 is 0 Å². The molecule has 0 spiro atoms. The van der Waals surface area contributed by atoms with Crippen molar-refractivity contribution in [2.24, 2.45) is 5.41 Å². The number of nitrogens with one attached hydrogen (secondary N) is 1. The molecule has 0 radical (unpaired) electrons. The predicted molar refractivity (Wildman–Crippen MR) is 101 cm³/mol. The van der Waals surface area contributed by atoms with Crippen LogP contribution in [0.5, 0.6) is 0 Å². The van der Waals surface area contributed by atoms with Crippen LogP contribution in [-0.4, -0.2) is 58.5 Å². The molecule has 1 aromatic rings. The van der Waals surface area contributed by atoms with Gasteiger partial charge in [-0.3, -0.25) is 14.4 Å². The van der Waals surface area contributed by atoms with Gasteiger partial charge in [-0.05, 0) is 34.1 Å². The first-order chi connectivity index (χ1) is 12.9. The number of hydrogen-bond donors (Lipinski definition) is 2. The van der Waals surface area contributed by atoms with Crippen LogP contribution >= 0.6 is 0 Å². The average Bonchev–Trinajstić information content (AvgIpc) is 2.59. The lowest BCUT2D eigenvalue weighted by Crippen LogP contribution is -2.59. The lowest BCUT2D eigenvalue weighted by molar-refractivity contribution is -0.152. The van der Waals surface area contributed by atoms with Crippen molar-refractivity contribution in [3.63, 3.8) is 0 Å². The number of likely N-dealkylation sites (tertiary alicyclic amines) is 1. The third-order valence-electron chi connectivity index (χ3n) is 4.42. The van der Waals surface area contributed by atoms with Crippen molar-refractivity contribution in [2.75, 3.05) is 13.1 Å². The maximum absolute atomic E-state index is 12.4. The van der Waals surface area contributed by atoms with Gasteiger partial charge in [0.2, 0.25) is 5.78 Å². The van der Waals surface area contributed by atoms with E-state index in [9.17, 15) is 24.3 Å². The molecular formula is C20H26N2O6. The van der Waals surface area contributed by atoms with Crippen LogP contribution < -0.4 is 5.32 Å². The summed E-state index contributed by atoms with van der Waals surface area (Å²) >= 11 is 0. The molecule has 0 unspecified atom stereocenters. The fraction of sp³-hybridized carbons (Fsp3) is 0.500. The second kappa shape index (κ2) is 8.00. The Labute approximate surface area is 163 Å². The van der Waals surface area contributed by atoms with Gasteiger partial charge in [-0.25, -0.2) is 4.79 Å². The number of ether oxygens (including phenoxy) is 1. The first-order valence-electron chi connectivity index (χ1n) is 9.03.